The molecule has 1 aliphatic heterocycles. The largest absolute Gasteiger partial charge is 0.391 e. The number of aromatic nitrogens is 1. The highest BCUT2D eigenvalue weighted by molar-refractivity contribution is 7.89. The van der Waals surface area contributed by atoms with Crippen LogP contribution in [0.3, 0.4) is 0 Å². The molecule has 0 spiro atoms. The van der Waals surface area contributed by atoms with E-state index in [1.807, 2.05) is 0 Å². The predicted octanol–water partition coefficient (Wildman–Crippen LogP) is 0.706. The van der Waals surface area contributed by atoms with Gasteiger partial charge < -0.3 is 5.11 Å². The van der Waals surface area contributed by atoms with E-state index in [4.69, 9.17) is 4.98 Å². The molecule has 0 unspecified atom stereocenters. The van der Waals surface area contributed by atoms with Crippen LogP contribution in [0.25, 0.3) is 0 Å². The molecule has 2 aliphatic rings. The van der Waals surface area contributed by atoms with Crippen molar-refractivity contribution >= 4 is 21.4 Å². The van der Waals surface area contributed by atoms with Crippen molar-refractivity contribution in [2.75, 3.05) is 32.9 Å². The third kappa shape index (κ3) is 3.93. The fourth-order valence-corrected chi connectivity index (χ4v) is 5.68. The number of likely N-dealkylation sites (tertiary alicyclic amines) is 1. The van der Waals surface area contributed by atoms with Crippen LogP contribution >= 0.6 is 11.3 Å². The van der Waals surface area contributed by atoms with Crippen LogP contribution in [0.2, 0.25) is 0 Å². The number of hydrogen-bond donors (Lipinski definition) is 1. The minimum atomic E-state index is -3.28. The number of aliphatic hydroxyl groups excluding tert-OH is 1. The van der Waals surface area contributed by atoms with Crippen LogP contribution in [0.5, 0.6) is 0 Å². The van der Waals surface area contributed by atoms with Crippen LogP contribution in [-0.4, -0.2) is 66.8 Å². The number of rotatable bonds is 5. The molecule has 1 aromatic heterocycles. The monoisotopic (exact) mass is 359 g/mol. The second-order valence-corrected chi connectivity index (χ2v) is 10.2. The van der Waals surface area contributed by atoms with E-state index in [0.29, 0.717) is 19.6 Å². The van der Waals surface area contributed by atoms with E-state index < -0.39 is 16.1 Å². The van der Waals surface area contributed by atoms with Gasteiger partial charge in [0.05, 0.1) is 24.1 Å². The van der Waals surface area contributed by atoms with E-state index in [0.717, 1.165) is 17.8 Å². The van der Waals surface area contributed by atoms with Gasteiger partial charge in [-0.1, -0.05) is 0 Å². The molecule has 0 aromatic carbocycles. The standard InChI is InChI=1S/C15H25N3O3S2/c1-17(2)23(20,21)10-11-7-18(8-13(11)19)9-15-16-12-5-3-4-6-14(12)22-15/h11,13,19H,3-10H2,1-2H3/t11-,13+/m0/s1. The Kier molecular flexibility index (Phi) is 5.08. The topological polar surface area (TPSA) is 73.7 Å². The van der Waals surface area contributed by atoms with Gasteiger partial charge in [0, 0.05) is 38.0 Å². The Labute approximate surface area is 142 Å². The quantitative estimate of drug-likeness (QED) is 0.838. The molecule has 130 valence electrons. The molecule has 3 rings (SSSR count). The van der Waals surface area contributed by atoms with E-state index >= 15 is 0 Å². The summed E-state index contributed by atoms with van der Waals surface area (Å²) in [7, 11) is -0.207. The first kappa shape index (κ1) is 17.3. The van der Waals surface area contributed by atoms with Crippen LogP contribution in [0.4, 0.5) is 0 Å². The molecule has 0 saturated carbocycles. The van der Waals surface area contributed by atoms with Crippen molar-refractivity contribution in [3.63, 3.8) is 0 Å². The minimum absolute atomic E-state index is 0.00599. The second-order valence-electron chi connectivity index (χ2n) is 6.77. The molecule has 2 atom stereocenters. The zero-order chi connectivity index (χ0) is 16.6. The third-order valence-electron chi connectivity index (χ3n) is 4.71. The molecule has 0 bridgehead atoms. The zero-order valence-corrected chi connectivity index (χ0v) is 15.4. The Morgan fingerprint density at radius 1 is 1.30 bits per heavy atom. The molecule has 1 saturated heterocycles. The number of fused-ring (bicyclic) bond motifs is 1. The first-order valence-electron chi connectivity index (χ1n) is 8.13. The molecule has 0 radical (unpaired) electrons. The molecule has 23 heavy (non-hydrogen) atoms. The molecular weight excluding hydrogens is 334 g/mol. The van der Waals surface area contributed by atoms with E-state index in [1.165, 1.54) is 41.8 Å². The van der Waals surface area contributed by atoms with Gasteiger partial charge in [0.15, 0.2) is 0 Å². The Morgan fingerprint density at radius 3 is 2.74 bits per heavy atom. The molecule has 8 heteroatoms. The lowest BCUT2D eigenvalue weighted by Crippen LogP contribution is -2.33. The average Bonchev–Trinajstić information content (AvgIpc) is 3.01. The van der Waals surface area contributed by atoms with Gasteiger partial charge in [0.25, 0.3) is 0 Å². The summed E-state index contributed by atoms with van der Waals surface area (Å²) in [6, 6.07) is 0. The summed E-state index contributed by atoms with van der Waals surface area (Å²) < 4.78 is 25.3. The van der Waals surface area contributed by atoms with Gasteiger partial charge in [-0.05, 0) is 25.7 Å². The highest BCUT2D eigenvalue weighted by Crippen LogP contribution is 2.29. The SMILES string of the molecule is CN(C)S(=O)(=O)C[C@@H]1CN(Cc2nc3c(s2)CCCC3)C[C@H]1O. The lowest BCUT2D eigenvalue weighted by Gasteiger charge is -2.17. The fourth-order valence-electron chi connectivity index (χ4n) is 3.32. The number of thiazole rings is 1. The molecule has 6 nitrogen and oxygen atoms in total. The van der Waals surface area contributed by atoms with Crippen molar-refractivity contribution in [3.8, 4) is 0 Å². The Hall–Kier alpha value is -0.540. The van der Waals surface area contributed by atoms with E-state index in [9.17, 15) is 13.5 Å². The van der Waals surface area contributed by atoms with Gasteiger partial charge in [-0.3, -0.25) is 4.90 Å². The molecule has 1 aliphatic carbocycles. The van der Waals surface area contributed by atoms with Gasteiger partial charge in [-0.2, -0.15) is 0 Å². The first-order chi connectivity index (χ1) is 10.8. The normalized spacial score (nSPS) is 25.9. The van der Waals surface area contributed by atoms with Gasteiger partial charge >= 0.3 is 0 Å². The number of aryl methyl sites for hydroxylation is 2. The summed E-state index contributed by atoms with van der Waals surface area (Å²) in [5.74, 6) is -0.219. The van der Waals surface area contributed by atoms with Crippen LogP contribution in [-0.2, 0) is 29.4 Å². The molecule has 1 fully saturated rings. The summed E-state index contributed by atoms with van der Waals surface area (Å²) in [5.41, 5.74) is 1.25. The summed E-state index contributed by atoms with van der Waals surface area (Å²) in [4.78, 5) is 8.28. The number of β-amino-alcohol motifs (C(OH)–C–C–N with tert-alkyl or cyclic N) is 1. The summed E-state index contributed by atoms with van der Waals surface area (Å²) in [6.45, 7) is 1.85. The van der Waals surface area contributed by atoms with Gasteiger partial charge in [0.1, 0.15) is 5.01 Å². The lowest BCUT2D eigenvalue weighted by molar-refractivity contribution is 0.148. The van der Waals surface area contributed by atoms with Crippen molar-refractivity contribution in [1.29, 1.82) is 0 Å². The van der Waals surface area contributed by atoms with Crippen LogP contribution in [0, 0.1) is 5.92 Å². The predicted molar refractivity (Wildman–Crippen MR) is 91.0 cm³/mol. The number of hydrogen-bond acceptors (Lipinski definition) is 6. The molecule has 2 heterocycles. The third-order valence-corrected chi connectivity index (χ3v) is 7.82. The first-order valence-corrected chi connectivity index (χ1v) is 10.6. The minimum Gasteiger partial charge on any atom is -0.391 e. The van der Waals surface area contributed by atoms with E-state index in [2.05, 4.69) is 4.90 Å². The molecule has 1 aromatic rings. The molecular formula is C15H25N3O3S2. The summed E-state index contributed by atoms with van der Waals surface area (Å²) in [6.07, 6.45) is 4.11. The zero-order valence-electron chi connectivity index (χ0n) is 13.7. The average molecular weight is 360 g/mol. The van der Waals surface area contributed by atoms with Crippen molar-refractivity contribution in [2.45, 2.75) is 38.3 Å². The number of aliphatic hydroxyl groups is 1. The molecule has 0 amide bonds. The lowest BCUT2D eigenvalue weighted by atomic mass is 10.0. The van der Waals surface area contributed by atoms with E-state index in [-0.39, 0.29) is 11.7 Å². The maximum Gasteiger partial charge on any atom is 0.214 e. The second kappa shape index (κ2) is 6.76. The van der Waals surface area contributed by atoms with Gasteiger partial charge in [-0.25, -0.2) is 17.7 Å². The van der Waals surface area contributed by atoms with E-state index in [1.54, 1.807) is 11.3 Å². The number of nitrogens with zero attached hydrogens (tertiary/aromatic N) is 3. The Morgan fingerprint density at radius 2 is 2.04 bits per heavy atom. The van der Waals surface area contributed by atoms with Gasteiger partial charge in [-0.15, -0.1) is 11.3 Å². The van der Waals surface area contributed by atoms with Crippen LogP contribution in [0.15, 0.2) is 0 Å². The fraction of sp³-hybridized carbons (Fsp3) is 0.800. The van der Waals surface area contributed by atoms with Crippen molar-refractivity contribution in [2.24, 2.45) is 5.92 Å². The summed E-state index contributed by atoms with van der Waals surface area (Å²) >= 11 is 1.78. The van der Waals surface area contributed by atoms with Crippen LogP contribution < -0.4 is 0 Å². The Bertz CT molecular complexity index is 633. The van der Waals surface area contributed by atoms with Crippen LogP contribution in [0.1, 0.15) is 28.4 Å². The maximum absolute atomic E-state index is 12.0. The molecule has 1 N–H and O–H groups in total. The maximum atomic E-state index is 12.0. The Balaban J connectivity index is 1.61. The number of sulfonamides is 1. The highest BCUT2D eigenvalue weighted by Gasteiger charge is 2.35. The highest BCUT2D eigenvalue weighted by atomic mass is 32.2. The van der Waals surface area contributed by atoms with Gasteiger partial charge in [0.2, 0.25) is 10.0 Å². The van der Waals surface area contributed by atoms with Crippen molar-refractivity contribution < 1.29 is 13.5 Å². The van der Waals surface area contributed by atoms with Crippen molar-refractivity contribution in [1.82, 2.24) is 14.2 Å². The smallest absolute Gasteiger partial charge is 0.214 e. The van der Waals surface area contributed by atoms with Crippen molar-refractivity contribution in [3.05, 3.63) is 15.6 Å². The summed E-state index contributed by atoms with van der Waals surface area (Å²) in [5, 5.41) is 11.3.